The van der Waals surface area contributed by atoms with E-state index in [0.717, 1.165) is 51.6 Å². The van der Waals surface area contributed by atoms with Gasteiger partial charge in [0.2, 0.25) is 0 Å². The molecule has 1 aliphatic carbocycles. The summed E-state index contributed by atoms with van der Waals surface area (Å²) in [5.41, 5.74) is -1.23. The van der Waals surface area contributed by atoms with E-state index in [1.54, 1.807) is 0 Å². The molecule has 2 atom stereocenters. The van der Waals surface area contributed by atoms with Crippen LogP contribution in [-0.4, -0.2) is 35.7 Å². The van der Waals surface area contributed by atoms with Gasteiger partial charge in [0.15, 0.2) is 0 Å². The Kier molecular flexibility index (Phi) is 3.99. The van der Waals surface area contributed by atoms with Crippen LogP contribution < -0.4 is 0 Å². The fourth-order valence-corrected chi connectivity index (χ4v) is 3.83. The van der Waals surface area contributed by atoms with Gasteiger partial charge in [-0.25, -0.2) is 0 Å². The number of aliphatic hydroxyl groups is 1. The third-order valence-corrected chi connectivity index (χ3v) is 5.35. The third kappa shape index (κ3) is 2.29. The Morgan fingerprint density at radius 2 is 2.00 bits per heavy atom. The number of piperidine rings is 1. The predicted octanol–water partition coefficient (Wildman–Crippen LogP) is 2.55. The van der Waals surface area contributed by atoms with Gasteiger partial charge in [0.05, 0.1) is 17.1 Å². The molecule has 1 heterocycles. The molecule has 3 nitrogen and oxygen atoms in total. The minimum Gasteiger partial charge on any atom is -0.388 e. The zero-order valence-corrected chi connectivity index (χ0v) is 11.8. The molecule has 0 aromatic carbocycles. The summed E-state index contributed by atoms with van der Waals surface area (Å²) in [6.45, 7) is 4.03. The molecule has 0 aromatic heterocycles. The lowest BCUT2D eigenvalue weighted by atomic mass is 9.58. The van der Waals surface area contributed by atoms with Crippen molar-refractivity contribution in [3.63, 3.8) is 0 Å². The van der Waals surface area contributed by atoms with E-state index in [-0.39, 0.29) is 0 Å². The normalized spacial score (nSPS) is 37.1. The van der Waals surface area contributed by atoms with Crippen molar-refractivity contribution in [1.82, 2.24) is 4.90 Å². The SMILES string of the molecule is CCC1CCCC(C#N)(C2(O)CCN(C)CC2)C1. The maximum Gasteiger partial charge on any atom is 0.0863 e. The Balaban J connectivity index is 2.18. The first-order chi connectivity index (χ1) is 8.55. The highest BCUT2D eigenvalue weighted by molar-refractivity contribution is 5.14. The van der Waals surface area contributed by atoms with Crippen LogP contribution in [-0.2, 0) is 0 Å². The summed E-state index contributed by atoms with van der Waals surface area (Å²) in [5.74, 6) is 0.627. The maximum absolute atomic E-state index is 11.0. The van der Waals surface area contributed by atoms with Gasteiger partial charge in [0, 0.05) is 13.1 Å². The van der Waals surface area contributed by atoms with Crippen molar-refractivity contribution in [3.8, 4) is 6.07 Å². The van der Waals surface area contributed by atoms with Gasteiger partial charge in [0.25, 0.3) is 0 Å². The zero-order valence-electron chi connectivity index (χ0n) is 11.8. The number of likely N-dealkylation sites (tertiary alicyclic amines) is 1. The molecule has 2 rings (SSSR count). The third-order valence-electron chi connectivity index (χ3n) is 5.35. The van der Waals surface area contributed by atoms with Crippen LogP contribution in [0.5, 0.6) is 0 Å². The van der Waals surface area contributed by atoms with Gasteiger partial charge in [0.1, 0.15) is 0 Å². The molecule has 0 aromatic rings. The van der Waals surface area contributed by atoms with E-state index in [1.807, 2.05) is 0 Å². The maximum atomic E-state index is 11.0. The molecule has 0 spiro atoms. The van der Waals surface area contributed by atoms with Crippen LogP contribution in [0.4, 0.5) is 0 Å². The van der Waals surface area contributed by atoms with Crippen molar-refractivity contribution in [2.24, 2.45) is 11.3 Å². The van der Waals surface area contributed by atoms with Crippen LogP contribution in [0.15, 0.2) is 0 Å². The molecule has 2 unspecified atom stereocenters. The molecule has 1 aliphatic heterocycles. The lowest BCUT2D eigenvalue weighted by Crippen LogP contribution is -2.55. The van der Waals surface area contributed by atoms with Gasteiger partial charge in [-0.3, -0.25) is 0 Å². The summed E-state index contributed by atoms with van der Waals surface area (Å²) in [5, 5.41) is 20.7. The van der Waals surface area contributed by atoms with Crippen LogP contribution in [0, 0.1) is 22.7 Å². The number of nitrogens with zero attached hydrogens (tertiary/aromatic N) is 2. The van der Waals surface area contributed by atoms with Crippen molar-refractivity contribution in [1.29, 1.82) is 5.26 Å². The Morgan fingerprint density at radius 1 is 1.33 bits per heavy atom. The molecule has 18 heavy (non-hydrogen) atoms. The lowest BCUT2D eigenvalue weighted by Gasteiger charge is -2.50. The van der Waals surface area contributed by atoms with E-state index in [1.165, 1.54) is 6.42 Å². The highest BCUT2D eigenvalue weighted by atomic mass is 16.3. The van der Waals surface area contributed by atoms with Crippen molar-refractivity contribution in [2.75, 3.05) is 20.1 Å². The molecule has 0 radical (unpaired) electrons. The second-order valence-corrected chi connectivity index (χ2v) is 6.40. The molecule has 0 bridgehead atoms. The number of hydrogen-bond donors (Lipinski definition) is 1. The van der Waals surface area contributed by atoms with E-state index in [2.05, 4.69) is 24.9 Å². The fraction of sp³-hybridized carbons (Fsp3) is 0.933. The van der Waals surface area contributed by atoms with Crippen LogP contribution in [0.25, 0.3) is 0 Å². The van der Waals surface area contributed by atoms with Gasteiger partial charge < -0.3 is 10.0 Å². The summed E-state index contributed by atoms with van der Waals surface area (Å²) in [4.78, 5) is 2.25. The quantitative estimate of drug-likeness (QED) is 0.819. The molecule has 2 aliphatic rings. The highest BCUT2D eigenvalue weighted by Crippen LogP contribution is 2.51. The van der Waals surface area contributed by atoms with Gasteiger partial charge in [-0.1, -0.05) is 26.2 Å². The molecule has 1 saturated heterocycles. The monoisotopic (exact) mass is 250 g/mol. The van der Waals surface area contributed by atoms with Gasteiger partial charge in [-0.15, -0.1) is 0 Å². The number of hydrogen-bond acceptors (Lipinski definition) is 3. The topological polar surface area (TPSA) is 47.3 Å². The number of nitriles is 1. The van der Waals surface area contributed by atoms with Gasteiger partial charge in [-0.2, -0.15) is 5.26 Å². The molecular weight excluding hydrogens is 224 g/mol. The van der Waals surface area contributed by atoms with Crippen molar-refractivity contribution < 1.29 is 5.11 Å². The fourth-order valence-electron chi connectivity index (χ4n) is 3.83. The van der Waals surface area contributed by atoms with Gasteiger partial charge in [-0.05, 0) is 38.6 Å². The Bertz CT molecular complexity index is 328. The van der Waals surface area contributed by atoms with Crippen LogP contribution in [0.2, 0.25) is 0 Å². The first-order valence-electron chi connectivity index (χ1n) is 7.37. The van der Waals surface area contributed by atoms with Crippen molar-refractivity contribution in [3.05, 3.63) is 0 Å². The molecular formula is C15H26N2O. The summed E-state index contributed by atoms with van der Waals surface area (Å²) in [6, 6.07) is 2.54. The average molecular weight is 250 g/mol. The largest absolute Gasteiger partial charge is 0.388 e. The van der Waals surface area contributed by atoms with E-state index in [4.69, 9.17) is 0 Å². The second kappa shape index (κ2) is 5.19. The molecule has 2 fully saturated rings. The minimum atomic E-state index is -0.748. The molecule has 0 amide bonds. The second-order valence-electron chi connectivity index (χ2n) is 6.40. The number of rotatable bonds is 2. The first-order valence-corrected chi connectivity index (χ1v) is 7.37. The molecule has 1 saturated carbocycles. The predicted molar refractivity (Wildman–Crippen MR) is 72.0 cm³/mol. The summed E-state index contributed by atoms with van der Waals surface area (Å²) >= 11 is 0. The molecule has 102 valence electrons. The van der Waals surface area contributed by atoms with E-state index in [9.17, 15) is 10.4 Å². The lowest BCUT2D eigenvalue weighted by molar-refractivity contribution is -0.114. The Hall–Kier alpha value is -0.590. The van der Waals surface area contributed by atoms with E-state index in [0.29, 0.717) is 5.92 Å². The standard InChI is InChI=1S/C15H26N2O/c1-3-13-5-4-6-14(11-13,12-16)15(18)7-9-17(2)10-8-15/h13,18H,3-11H2,1-2H3. The smallest absolute Gasteiger partial charge is 0.0863 e. The van der Waals surface area contributed by atoms with Crippen LogP contribution >= 0.6 is 0 Å². The summed E-state index contributed by atoms with van der Waals surface area (Å²) in [7, 11) is 2.09. The molecule has 1 N–H and O–H groups in total. The highest BCUT2D eigenvalue weighted by Gasteiger charge is 2.53. The Morgan fingerprint density at radius 3 is 2.56 bits per heavy atom. The summed E-state index contributed by atoms with van der Waals surface area (Å²) in [6.07, 6.45) is 6.78. The van der Waals surface area contributed by atoms with Crippen LogP contribution in [0.1, 0.15) is 51.9 Å². The average Bonchev–Trinajstić information content (AvgIpc) is 2.42. The molecule has 3 heteroatoms. The van der Waals surface area contributed by atoms with E-state index >= 15 is 0 Å². The Labute approximate surface area is 111 Å². The summed E-state index contributed by atoms with van der Waals surface area (Å²) < 4.78 is 0. The van der Waals surface area contributed by atoms with Crippen LogP contribution in [0.3, 0.4) is 0 Å². The zero-order chi connectivity index (χ0) is 13.2. The van der Waals surface area contributed by atoms with E-state index < -0.39 is 11.0 Å². The van der Waals surface area contributed by atoms with Gasteiger partial charge >= 0.3 is 0 Å². The van der Waals surface area contributed by atoms with Crippen molar-refractivity contribution in [2.45, 2.75) is 57.5 Å². The van der Waals surface area contributed by atoms with Crippen molar-refractivity contribution >= 4 is 0 Å². The minimum absolute atomic E-state index is 0.479. The first kappa shape index (κ1) is 13.8.